The summed E-state index contributed by atoms with van der Waals surface area (Å²) in [5.41, 5.74) is 6.70. The molecule has 0 aliphatic carbocycles. The van der Waals surface area contributed by atoms with Crippen LogP contribution in [0.3, 0.4) is 0 Å². The molecule has 104 valence electrons. The van der Waals surface area contributed by atoms with Gasteiger partial charge in [-0.3, -0.25) is 4.79 Å². The molecule has 0 bridgehead atoms. The smallest absolute Gasteiger partial charge is 0.255 e. The van der Waals surface area contributed by atoms with Crippen LogP contribution in [0.4, 0.5) is 11.4 Å². The summed E-state index contributed by atoms with van der Waals surface area (Å²) in [5.74, 6) is -0.398. The van der Waals surface area contributed by atoms with Gasteiger partial charge in [-0.25, -0.2) is 0 Å². The molecule has 0 saturated heterocycles. The summed E-state index contributed by atoms with van der Waals surface area (Å²) >= 11 is 21.2. The van der Waals surface area contributed by atoms with Crippen molar-refractivity contribution in [3.05, 3.63) is 55.4 Å². The van der Waals surface area contributed by atoms with Gasteiger partial charge in [0.1, 0.15) is 0 Å². The van der Waals surface area contributed by atoms with E-state index in [1.807, 2.05) is 0 Å². The maximum absolute atomic E-state index is 12.2. The van der Waals surface area contributed by atoms with E-state index in [1.54, 1.807) is 18.2 Å². The van der Waals surface area contributed by atoms with Crippen molar-refractivity contribution in [2.24, 2.45) is 0 Å². The third-order valence-corrected chi connectivity index (χ3v) is 3.70. The number of carbonyl (C=O) groups is 1. The first-order valence-corrected chi connectivity index (χ1v) is 7.31. The molecule has 0 unspecified atom stereocenters. The van der Waals surface area contributed by atoms with E-state index in [-0.39, 0.29) is 0 Å². The van der Waals surface area contributed by atoms with E-state index in [4.69, 9.17) is 40.5 Å². The normalized spacial score (nSPS) is 10.4. The van der Waals surface area contributed by atoms with Gasteiger partial charge in [0, 0.05) is 20.7 Å². The number of nitrogen functional groups attached to an aromatic ring is 1. The highest BCUT2D eigenvalue weighted by Crippen LogP contribution is 2.34. The lowest BCUT2D eigenvalue weighted by molar-refractivity contribution is 0.102. The van der Waals surface area contributed by atoms with Gasteiger partial charge in [0.05, 0.1) is 15.7 Å². The lowest BCUT2D eigenvalue weighted by atomic mass is 10.2. The van der Waals surface area contributed by atoms with Crippen molar-refractivity contribution in [1.29, 1.82) is 0 Å². The molecule has 0 radical (unpaired) electrons. The number of halogens is 4. The van der Waals surface area contributed by atoms with Crippen LogP contribution in [0, 0.1) is 0 Å². The predicted molar refractivity (Wildman–Crippen MR) is 88.0 cm³/mol. The van der Waals surface area contributed by atoms with Crippen LogP contribution >= 0.6 is 50.7 Å². The molecule has 3 N–H and O–H groups in total. The third kappa shape index (κ3) is 3.58. The summed E-state index contributed by atoms with van der Waals surface area (Å²) in [6, 6.07) is 7.85. The monoisotopic (exact) mass is 392 g/mol. The van der Waals surface area contributed by atoms with Gasteiger partial charge in [0.25, 0.3) is 5.91 Å². The second-order valence-corrected chi connectivity index (χ2v) is 6.14. The van der Waals surface area contributed by atoms with Crippen molar-refractivity contribution in [3.63, 3.8) is 0 Å². The molecule has 0 atom stereocenters. The van der Waals surface area contributed by atoms with Crippen LogP contribution in [0.2, 0.25) is 15.1 Å². The second kappa shape index (κ2) is 6.22. The van der Waals surface area contributed by atoms with Crippen LogP contribution in [0.5, 0.6) is 0 Å². The fourth-order valence-corrected chi connectivity index (χ4v) is 3.14. The molecule has 0 fully saturated rings. The quantitative estimate of drug-likeness (QED) is 0.684. The van der Waals surface area contributed by atoms with Crippen LogP contribution < -0.4 is 11.1 Å². The van der Waals surface area contributed by atoms with E-state index in [0.717, 1.165) is 4.47 Å². The molecule has 0 aliphatic heterocycles. The summed E-state index contributed by atoms with van der Waals surface area (Å²) in [6.07, 6.45) is 0. The van der Waals surface area contributed by atoms with Crippen molar-refractivity contribution in [1.82, 2.24) is 0 Å². The van der Waals surface area contributed by atoms with E-state index in [2.05, 4.69) is 21.2 Å². The van der Waals surface area contributed by atoms with Crippen LogP contribution in [0.1, 0.15) is 10.4 Å². The fraction of sp³-hybridized carbons (Fsp3) is 0. The molecule has 3 nitrogen and oxygen atoms in total. The summed E-state index contributed by atoms with van der Waals surface area (Å²) in [5, 5.41) is 3.67. The van der Waals surface area contributed by atoms with Crippen LogP contribution in [-0.4, -0.2) is 5.91 Å². The number of amides is 1. The van der Waals surface area contributed by atoms with Gasteiger partial charge < -0.3 is 11.1 Å². The van der Waals surface area contributed by atoms with Crippen molar-refractivity contribution >= 4 is 68.0 Å². The highest BCUT2D eigenvalue weighted by atomic mass is 79.9. The van der Waals surface area contributed by atoms with Gasteiger partial charge in [-0.15, -0.1) is 0 Å². The zero-order valence-corrected chi connectivity index (χ0v) is 13.7. The largest absolute Gasteiger partial charge is 0.399 e. The maximum atomic E-state index is 12.2. The highest BCUT2D eigenvalue weighted by Gasteiger charge is 2.13. The molecule has 0 saturated carbocycles. The lowest BCUT2D eigenvalue weighted by Gasteiger charge is -2.10. The Morgan fingerprint density at radius 3 is 2.20 bits per heavy atom. The third-order valence-electron chi connectivity index (χ3n) is 2.43. The summed E-state index contributed by atoms with van der Waals surface area (Å²) < 4.78 is 0.720. The average molecular weight is 394 g/mol. The van der Waals surface area contributed by atoms with Gasteiger partial charge in [0.15, 0.2) is 0 Å². The maximum Gasteiger partial charge on any atom is 0.255 e. The van der Waals surface area contributed by atoms with Gasteiger partial charge in [0.2, 0.25) is 0 Å². The number of carbonyl (C=O) groups excluding carboxylic acids is 1. The first-order chi connectivity index (χ1) is 9.36. The first kappa shape index (κ1) is 15.4. The summed E-state index contributed by atoms with van der Waals surface area (Å²) in [6.45, 7) is 0. The second-order valence-electron chi connectivity index (χ2n) is 3.97. The van der Waals surface area contributed by atoms with E-state index in [1.165, 1.54) is 12.1 Å². The standard InChI is InChI=1S/C13H8BrCl3N2O/c14-7-3-10(16)12(11(17)4-7)19-13(20)6-1-8(15)5-9(18)2-6/h1-5H,18H2,(H,19,20). The Labute approximate surface area is 139 Å². The van der Waals surface area contributed by atoms with Gasteiger partial charge in [-0.1, -0.05) is 50.7 Å². The van der Waals surface area contributed by atoms with Gasteiger partial charge in [-0.05, 0) is 30.3 Å². The fourth-order valence-electron chi connectivity index (χ4n) is 1.59. The van der Waals surface area contributed by atoms with E-state index >= 15 is 0 Å². The number of benzene rings is 2. The topological polar surface area (TPSA) is 55.1 Å². The molecule has 0 spiro atoms. The van der Waals surface area contributed by atoms with Crippen LogP contribution in [0.25, 0.3) is 0 Å². The zero-order chi connectivity index (χ0) is 14.9. The lowest BCUT2D eigenvalue weighted by Crippen LogP contribution is -2.13. The SMILES string of the molecule is Nc1cc(Cl)cc(C(=O)Nc2c(Cl)cc(Br)cc2Cl)c1. The minimum atomic E-state index is -0.398. The van der Waals surface area contributed by atoms with E-state index in [0.29, 0.717) is 32.0 Å². The number of anilines is 2. The first-order valence-electron chi connectivity index (χ1n) is 5.39. The number of nitrogens with two attached hydrogens (primary N) is 1. The molecule has 0 heterocycles. The van der Waals surface area contributed by atoms with Gasteiger partial charge >= 0.3 is 0 Å². The number of nitrogens with one attached hydrogen (secondary N) is 1. The Morgan fingerprint density at radius 1 is 1.05 bits per heavy atom. The molecule has 0 aromatic heterocycles. The Bertz CT molecular complexity index is 648. The Kier molecular flexibility index (Phi) is 4.81. The molecular formula is C13H8BrCl3N2O. The molecule has 2 aromatic carbocycles. The average Bonchev–Trinajstić information content (AvgIpc) is 2.32. The van der Waals surface area contributed by atoms with Crippen molar-refractivity contribution in [3.8, 4) is 0 Å². The molecule has 2 aromatic rings. The van der Waals surface area contributed by atoms with Crippen molar-refractivity contribution < 1.29 is 4.79 Å². The number of rotatable bonds is 2. The zero-order valence-electron chi connectivity index (χ0n) is 9.88. The Morgan fingerprint density at radius 2 is 1.65 bits per heavy atom. The minimum Gasteiger partial charge on any atom is -0.399 e. The molecule has 0 aliphatic rings. The van der Waals surface area contributed by atoms with Gasteiger partial charge in [-0.2, -0.15) is 0 Å². The highest BCUT2D eigenvalue weighted by molar-refractivity contribution is 9.10. The molecule has 2 rings (SSSR count). The van der Waals surface area contributed by atoms with Crippen LogP contribution in [0.15, 0.2) is 34.8 Å². The summed E-state index contributed by atoms with van der Waals surface area (Å²) in [4.78, 5) is 12.2. The molecule has 1 amide bonds. The number of hydrogen-bond donors (Lipinski definition) is 2. The Hall–Kier alpha value is -0.940. The Balaban J connectivity index is 2.32. The summed E-state index contributed by atoms with van der Waals surface area (Å²) in [7, 11) is 0. The molecular weight excluding hydrogens is 386 g/mol. The van der Waals surface area contributed by atoms with Crippen molar-refractivity contribution in [2.75, 3.05) is 11.1 Å². The van der Waals surface area contributed by atoms with E-state index < -0.39 is 5.91 Å². The van der Waals surface area contributed by atoms with Crippen LogP contribution in [-0.2, 0) is 0 Å². The predicted octanol–water partition coefficient (Wildman–Crippen LogP) is 5.24. The minimum absolute atomic E-state index is 0.324. The van der Waals surface area contributed by atoms with Crippen molar-refractivity contribution in [2.45, 2.75) is 0 Å². The number of hydrogen-bond acceptors (Lipinski definition) is 2. The molecule has 7 heteroatoms. The molecule has 20 heavy (non-hydrogen) atoms. The van der Waals surface area contributed by atoms with E-state index in [9.17, 15) is 4.79 Å².